The monoisotopic (exact) mass is 618 g/mol. The number of aliphatic hydroxyl groups excluding tert-OH is 2. The number of aliphatic hydroxyl groups is 2. The van der Waals surface area contributed by atoms with Crippen LogP contribution < -0.4 is 22.4 Å². The van der Waals surface area contributed by atoms with Crippen LogP contribution in [0.25, 0.3) is 0 Å². The van der Waals surface area contributed by atoms with Gasteiger partial charge in [0.05, 0.1) is 12.7 Å². The number of hydrogen-bond acceptors (Lipinski definition) is 10. The highest BCUT2D eigenvalue weighted by Crippen LogP contribution is 2.41. The second kappa shape index (κ2) is 12.9. The van der Waals surface area contributed by atoms with Crippen LogP contribution in [0.1, 0.15) is 44.5 Å². The van der Waals surface area contributed by atoms with Gasteiger partial charge in [-0.25, -0.2) is 18.4 Å². The quantitative estimate of drug-likeness (QED) is 0.316. The van der Waals surface area contributed by atoms with Crippen molar-refractivity contribution in [3.8, 4) is 0 Å². The van der Waals surface area contributed by atoms with Gasteiger partial charge in [0.25, 0.3) is 5.91 Å². The molecule has 13 nitrogen and oxygen atoms in total. The number of anilines is 2. The third-order valence-electron chi connectivity index (χ3n) is 7.98. The van der Waals surface area contributed by atoms with E-state index in [1.54, 1.807) is 44.2 Å². The molecule has 8 atom stereocenters. The highest BCUT2D eigenvalue weighted by Gasteiger charge is 2.54. The summed E-state index contributed by atoms with van der Waals surface area (Å²) in [6.07, 6.45) is -2.76. The van der Waals surface area contributed by atoms with E-state index in [1.165, 1.54) is 31.5 Å². The standard InChI is InChI=1S/C19H22FN3O3.C10H14FN3O4/c1-4-14-12(2)16(20)19(3,26-14)23-11-10-15(22-18(23)25)21-17(24)13-8-6-5-7-9-13;1-10(8(11)7(16)5(4-15)18-10)14-3-2-6(12)13-9(14)17/h5-12,14,16H,4H2,1-3H3,(H,21,22,24,25);2-3,5,7-8,15-16H,4H2,1H3,(H2,12,13,17)/t12?,14-,16+,19-;5-,7?,8+,10-/m11/s1. The molecule has 0 aliphatic carbocycles. The number of hydrogen-bond donors (Lipinski definition) is 4. The number of nitrogens with one attached hydrogen (secondary N) is 1. The van der Waals surface area contributed by atoms with Crippen LogP contribution in [0.5, 0.6) is 0 Å². The van der Waals surface area contributed by atoms with E-state index in [4.69, 9.17) is 20.3 Å². The van der Waals surface area contributed by atoms with Crippen LogP contribution in [0.2, 0.25) is 0 Å². The van der Waals surface area contributed by atoms with Crippen molar-refractivity contribution < 1.29 is 33.3 Å². The molecule has 5 rings (SSSR count). The molecule has 15 heteroatoms. The number of nitrogens with zero attached hydrogens (tertiary/aromatic N) is 4. The van der Waals surface area contributed by atoms with Crippen molar-refractivity contribution in [1.82, 2.24) is 19.1 Å². The van der Waals surface area contributed by atoms with E-state index >= 15 is 0 Å². The van der Waals surface area contributed by atoms with E-state index in [1.807, 2.05) is 6.92 Å². The maximum atomic E-state index is 14.8. The lowest BCUT2D eigenvalue weighted by atomic mass is 9.96. The Morgan fingerprint density at radius 2 is 1.55 bits per heavy atom. The molecule has 0 saturated carbocycles. The first-order chi connectivity index (χ1) is 20.8. The number of benzene rings is 1. The Morgan fingerprint density at radius 1 is 0.977 bits per heavy atom. The van der Waals surface area contributed by atoms with Crippen LogP contribution in [0.15, 0.2) is 64.4 Å². The Balaban J connectivity index is 0.000000215. The average molecular weight is 619 g/mol. The molecule has 238 valence electrons. The smallest absolute Gasteiger partial charge is 0.351 e. The molecular formula is C29H36F2N6O7. The number of nitrogen functional groups attached to an aromatic ring is 1. The summed E-state index contributed by atoms with van der Waals surface area (Å²) in [5.74, 6) is -0.583. The van der Waals surface area contributed by atoms with E-state index in [0.29, 0.717) is 12.0 Å². The summed E-state index contributed by atoms with van der Waals surface area (Å²) in [4.78, 5) is 43.6. The summed E-state index contributed by atoms with van der Waals surface area (Å²) in [6.45, 7) is 6.00. The highest BCUT2D eigenvalue weighted by atomic mass is 19.1. The van der Waals surface area contributed by atoms with Gasteiger partial charge in [-0.05, 0) is 44.5 Å². The Hall–Kier alpha value is -4.05. The largest absolute Gasteiger partial charge is 0.394 e. The molecule has 2 aromatic heterocycles. The molecule has 2 fully saturated rings. The Bertz CT molecular complexity index is 1590. The zero-order chi connectivity index (χ0) is 32.4. The summed E-state index contributed by atoms with van der Waals surface area (Å²) in [7, 11) is 0. The van der Waals surface area contributed by atoms with E-state index in [0.717, 1.165) is 9.13 Å². The first-order valence-electron chi connectivity index (χ1n) is 14.0. The van der Waals surface area contributed by atoms with Crippen molar-refractivity contribution in [3.63, 3.8) is 0 Å². The number of carbonyl (C=O) groups excluding carboxylic acids is 1. The van der Waals surface area contributed by atoms with Crippen LogP contribution in [-0.2, 0) is 20.9 Å². The van der Waals surface area contributed by atoms with Gasteiger partial charge >= 0.3 is 11.4 Å². The van der Waals surface area contributed by atoms with E-state index in [2.05, 4.69) is 15.3 Å². The van der Waals surface area contributed by atoms with Gasteiger partial charge in [0.2, 0.25) is 0 Å². The van der Waals surface area contributed by atoms with Gasteiger partial charge in [0.15, 0.2) is 23.8 Å². The van der Waals surface area contributed by atoms with Crippen molar-refractivity contribution >= 4 is 17.5 Å². The number of alkyl halides is 2. The third-order valence-corrected chi connectivity index (χ3v) is 7.98. The fourth-order valence-corrected chi connectivity index (χ4v) is 5.42. The number of amides is 1. The zero-order valence-corrected chi connectivity index (χ0v) is 24.6. The fourth-order valence-electron chi connectivity index (χ4n) is 5.42. The molecule has 44 heavy (non-hydrogen) atoms. The van der Waals surface area contributed by atoms with Crippen LogP contribution >= 0.6 is 0 Å². The van der Waals surface area contributed by atoms with Gasteiger partial charge in [-0.15, -0.1) is 0 Å². The molecule has 2 aliphatic rings. The van der Waals surface area contributed by atoms with Crippen molar-refractivity contribution in [3.05, 3.63) is 81.4 Å². The van der Waals surface area contributed by atoms with Gasteiger partial charge in [0.1, 0.15) is 23.8 Å². The van der Waals surface area contributed by atoms with Gasteiger partial charge in [-0.3, -0.25) is 13.9 Å². The maximum Gasteiger partial charge on any atom is 0.351 e. The molecule has 2 unspecified atom stereocenters. The summed E-state index contributed by atoms with van der Waals surface area (Å²) in [5, 5.41) is 21.1. The summed E-state index contributed by atoms with van der Waals surface area (Å²) in [6, 6.07) is 11.4. The predicted molar refractivity (Wildman–Crippen MR) is 155 cm³/mol. The normalized spacial score (nSPS) is 31.3. The number of carbonyl (C=O) groups is 1. The molecule has 1 amide bonds. The minimum Gasteiger partial charge on any atom is -0.394 e. The van der Waals surface area contributed by atoms with E-state index in [-0.39, 0.29) is 29.6 Å². The van der Waals surface area contributed by atoms with Gasteiger partial charge < -0.3 is 30.7 Å². The number of nitrogens with two attached hydrogens (primary N) is 1. The van der Waals surface area contributed by atoms with Gasteiger partial charge in [-0.2, -0.15) is 9.97 Å². The van der Waals surface area contributed by atoms with Gasteiger partial charge in [-0.1, -0.05) is 32.0 Å². The lowest BCUT2D eigenvalue weighted by Gasteiger charge is -2.28. The number of aromatic nitrogens is 4. The van der Waals surface area contributed by atoms with E-state index < -0.39 is 54.0 Å². The highest BCUT2D eigenvalue weighted by molar-refractivity contribution is 6.03. The van der Waals surface area contributed by atoms with E-state index in [9.17, 15) is 28.3 Å². The minimum atomic E-state index is -1.86. The Labute approximate surface area is 251 Å². The molecule has 0 bridgehead atoms. The first kappa shape index (κ1) is 32.9. The summed E-state index contributed by atoms with van der Waals surface area (Å²) < 4.78 is 42.0. The van der Waals surface area contributed by atoms with Crippen molar-refractivity contribution in [2.75, 3.05) is 17.7 Å². The lowest BCUT2D eigenvalue weighted by Crippen LogP contribution is -2.46. The van der Waals surface area contributed by atoms with Crippen molar-refractivity contribution in [2.24, 2.45) is 5.92 Å². The first-order valence-corrected chi connectivity index (χ1v) is 14.0. The molecule has 2 saturated heterocycles. The number of halogens is 2. The molecule has 0 spiro atoms. The number of ether oxygens (including phenoxy) is 2. The molecule has 0 radical (unpaired) electrons. The second-order valence-corrected chi connectivity index (χ2v) is 11.0. The molecule has 1 aromatic carbocycles. The minimum absolute atomic E-state index is 0.00696. The molecule has 5 N–H and O–H groups in total. The van der Waals surface area contributed by atoms with Crippen LogP contribution in [0.3, 0.4) is 0 Å². The fraction of sp³-hybridized carbons (Fsp3) is 0.483. The van der Waals surface area contributed by atoms with Gasteiger partial charge in [0, 0.05) is 23.9 Å². The predicted octanol–water partition coefficient (Wildman–Crippen LogP) is 1.54. The summed E-state index contributed by atoms with van der Waals surface area (Å²) in [5.41, 5.74) is 1.20. The van der Waals surface area contributed by atoms with Crippen LogP contribution in [-0.4, -0.2) is 72.5 Å². The topological polar surface area (TPSA) is 184 Å². The molecule has 3 aromatic rings. The van der Waals surface area contributed by atoms with Crippen molar-refractivity contribution in [2.45, 2.75) is 76.2 Å². The van der Waals surface area contributed by atoms with Crippen molar-refractivity contribution in [1.29, 1.82) is 0 Å². The Kier molecular flexibility index (Phi) is 9.63. The molecular weight excluding hydrogens is 582 g/mol. The summed E-state index contributed by atoms with van der Waals surface area (Å²) >= 11 is 0. The SMILES string of the molecule is CC[C@H]1O[C@@](C)(n2ccc(NC(=O)c3ccccc3)nc2=O)[C@@H](F)C1C.C[C@@]1(n2ccc(N)nc2=O)O[C@H](CO)C(O)[C@@H]1F. The zero-order valence-electron chi connectivity index (χ0n) is 24.6. The average Bonchev–Trinajstić information content (AvgIpc) is 3.37. The third kappa shape index (κ3) is 6.13. The second-order valence-electron chi connectivity index (χ2n) is 11.0. The lowest BCUT2D eigenvalue weighted by molar-refractivity contribution is -0.123. The molecule has 4 heterocycles. The number of rotatable bonds is 6. The molecule has 2 aliphatic heterocycles. The van der Waals surface area contributed by atoms with Crippen LogP contribution in [0, 0.1) is 5.92 Å². The Morgan fingerprint density at radius 3 is 2.07 bits per heavy atom. The maximum absolute atomic E-state index is 14.8. The van der Waals surface area contributed by atoms with Crippen LogP contribution in [0.4, 0.5) is 20.4 Å².